The fraction of sp³-hybridized carbons (Fsp3) is 0.588. The summed E-state index contributed by atoms with van der Waals surface area (Å²) in [6.45, 7) is 9.97. The Balaban J connectivity index is 2.49. The topological polar surface area (TPSA) is 46.5 Å². The molecule has 0 aliphatic heterocycles. The summed E-state index contributed by atoms with van der Waals surface area (Å²) < 4.78 is 5.54. The number of hydrogen-bond acceptors (Lipinski definition) is 4. The van der Waals surface area contributed by atoms with E-state index in [0.717, 1.165) is 5.56 Å². The van der Waals surface area contributed by atoms with Crippen LogP contribution in [0.2, 0.25) is 0 Å². The molecule has 1 aromatic carbocycles. The van der Waals surface area contributed by atoms with Crippen molar-refractivity contribution < 1.29 is 14.6 Å². The van der Waals surface area contributed by atoms with Gasteiger partial charge in [-0.2, -0.15) is 0 Å². The van der Waals surface area contributed by atoms with Gasteiger partial charge in [-0.15, -0.1) is 0 Å². The van der Waals surface area contributed by atoms with E-state index in [-0.39, 0.29) is 16.0 Å². The highest BCUT2D eigenvalue weighted by Gasteiger charge is 2.30. The molecule has 3 nitrogen and oxygen atoms in total. The molecule has 0 saturated heterocycles. The van der Waals surface area contributed by atoms with Crippen LogP contribution in [0.1, 0.15) is 40.2 Å². The van der Waals surface area contributed by atoms with Gasteiger partial charge in [-0.1, -0.05) is 69.8 Å². The van der Waals surface area contributed by atoms with E-state index in [4.69, 9.17) is 4.74 Å². The number of carbonyl (C=O) groups excluding carboxylic acids is 1. The van der Waals surface area contributed by atoms with Crippen molar-refractivity contribution in [3.05, 3.63) is 35.9 Å². The van der Waals surface area contributed by atoms with E-state index in [1.807, 2.05) is 51.1 Å². The van der Waals surface area contributed by atoms with Crippen molar-refractivity contribution in [1.29, 1.82) is 0 Å². The van der Waals surface area contributed by atoms with E-state index < -0.39 is 12.0 Å². The smallest absolute Gasteiger partial charge is 0.194 e. The second kappa shape index (κ2) is 7.97. The summed E-state index contributed by atoms with van der Waals surface area (Å²) in [6.07, 6.45) is -1.18. The average Bonchev–Trinajstić information content (AvgIpc) is 2.42. The summed E-state index contributed by atoms with van der Waals surface area (Å²) in [7, 11) is 0. The number of aliphatic hydroxyl groups excluding tert-OH is 1. The lowest BCUT2D eigenvalue weighted by Gasteiger charge is -2.26. The van der Waals surface area contributed by atoms with Crippen LogP contribution in [0.3, 0.4) is 0 Å². The van der Waals surface area contributed by atoms with Gasteiger partial charge in [0.05, 0.1) is 24.7 Å². The Morgan fingerprint density at radius 1 is 1.24 bits per heavy atom. The van der Waals surface area contributed by atoms with Gasteiger partial charge in [0.25, 0.3) is 0 Å². The summed E-state index contributed by atoms with van der Waals surface area (Å²) in [4.78, 5) is 12.1. The molecule has 0 amide bonds. The van der Waals surface area contributed by atoms with E-state index in [1.165, 1.54) is 11.8 Å². The van der Waals surface area contributed by atoms with Gasteiger partial charge in [-0.25, -0.2) is 0 Å². The first-order chi connectivity index (χ1) is 9.70. The van der Waals surface area contributed by atoms with Gasteiger partial charge in [0.15, 0.2) is 5.12 Å². The lowest BCUT2D eigenvalue weighted by atomic mass is 10.0. The highest BCUT2D eigenvalue weighted by Crippen LogP contribution is 2.29. The van der Waals surface area contributed by atoms with Crippen LogP contribution in [0, 0.1) is 5.92 Å². The molecule has 1 N–H and O–H groups in total. The van der Waals surface area contributed by atoms with Crippen molar-refractivity contribution in [1.82, 2.24) is 0 Å². The number of benzene rings is 1. The molecule has 0 aromatic heterocycles. The molecular weight excluding hydrogens is 284 g/mol. The summed E-state index contributed by atoms with van der Waals surface area (Å²) in [5.74, 6) is -0.444. The summed E-state index contributed by atoms with van der Waals surface area (Å²) in [5.41, 5.74) is 1.06. The second-order valence-electron chi connectivity index (χ2n) is 6.31. The molecule has 0 aliphatic carbocycles. The van der Waals surface area contributed by atoms with Crippen LogP contribution < -0.4 is 0 Å². The molecule has 0 unspecified atom stereocenters. The minimum Gasteiger partial charge on any atom is -0.390 e. The van der Waals surface area contributed by atoms with Gasteiger partial charge in [-0.05, 0) is 12.5 Å². The molecule has 0 bridgehead atoms. The second-order valence-corrected chi connectivity index (χ2v) is 8.15. The molecule has 3 atom stereocenters. The maximum absolute atomic E-state index is 12.1. The third-order valence-corrected chi connectivity index (χ3v) is 4.31. The van der Waals surface area contributed by atoms with Crippen LogP contribution in [-0.2, 0) is 16.1 Å². The quantitative estimate of drug-likeness (QED) is 0.871. The zero-order valence-electron chi connectivity index (χ0n) is 13.5. The third-order valence-electron chi connectivity index (χ3n) is 3.13. The van der Waals surface area contributed by atoms with Gasteiger partial charge in [0.1, 0.15) is 0 Å². The number of hydrogen-bond donors (Lipinski definition) is 1. The average molecular weight is 310 g/mol. The molecule has 0 heterocycles. The predicted molar refractivity (Wildman–Crippen MR) is 88.2 cm³/mol. The zero-order chi connectivity index (χ0) is 16.0. The largest absolute Gasteiger partial charge is 0.390 e. The number of carbonyl (C=O) groups is 1. The van der Waals surface area contributed by atoms with E-state index >= 15 is 0 Å². The first-order valence-electron chi connectivity index (χ1n) is 7.27. The van der Waals surface area contributed by atoms with E-state index in [9.17, 15) is 9.90 Å². The maximum Gasteiger partial charge on any atom is 0.194 e. The normalized spacial score (nSPS) is 16.3. The Bertz CT molecular complexity index is 439. The van der Waals surface area contributed by atoms with Crippen LogP contribution in [0.25, 0.3) is 0 Å². The summed E-state index contributed by atoms with van der Waals surface area (Å²) in [6, 6.07) is 9.80. The highest BCUT2D eigenvalue weighted by atomic mass is 32.2. The molecule has 0 radical (unpaired) electrons. The fourth-order valence-corrected chi connectivity index (χ4v) is 2.77. The molecular formula is C17H26O3S. The van der Waals surface area contributed by atoms with E-state index in [0.29, 0.717) is 6.61 Å². The van der Waals surface area contributed by atoms with Gasteiger partial charge in [0.2, 0.25) is 0 Å². The zero-order valence-corrected chi connectivity index (χ0v) is 14.3. The molecule has 4 heteroatoms. The SMILES string of the molecule is C[C@H](OCc1ccccc1)[C@H](O)[C@H](C)C(=O)SC(C)(C)C. The Kier molecular flexibility index (Phi) is 6.91. The molecule has 0 fully saturated rings. The molecule has 118 valence electrons. The molecule has 1 rings (SSSR count). The lowest BCUT2D eigenvalue weighted by Crippen LogP contribution is -2.36. The van der Waals surface area contributed by atoms with Crippen molar-refractivity contribution in [3.8, 4) is 0 Å². The fourth-order valence-electron chi connectivity index (χ4n) is 1.84. The third kappa shape index (κ3) is 6.64. The van der Waals surface area contributed by atoms with Gasteiger partial charge in [0, 0.05) is 4.75 Å². The Morgan fingerprint density at radius 3 is 2.33 bits per heavy atom. The summed E-state index contributed by atoms with van der Waals surface area (Å²) in [5, 5.41) is 10.3. The molecule has 0 saturated carbocycles. The van der Waals surface area contributed by atoms with Crippen molar-refractivity contribution >= 4 is 16.9 Å². The number of ether oxygens (including phenoxy) is 1. The monoisotopic (exact) mass is 310 g/mol. The molecule has 21 heavy (non-hydrogen) atoms. The molecule has 1 aromatic rings. The van der Waals surface area contributed by atoms with Gasteiger partial charge >= 0.3 is 0 Å². The van der Waals surface area contributed by atoms with Crippen LogP contribution in [0.5, 0.6) is 0 Å². The lowest BCUT2D eigenvalue weighted by molar-refractivity contribution is -0.122. The van der Waals surface area contributed by atoms with Crippen LogP contribution in [0.15, 0.2) is 30.3 Å². The Labute approximate surface area is 132 Å². The van der Waals surface area contributed by atoms with E-state index in [1.54, 1.807) is 13.8 Å². The van der Waals surface area contributed by atoms with Gasteiger partial charge in [-0.3, -0.25) is 4.79 Å². The maximum atomic E-state index is 12.1. The number of thioether (sulfide) groups is 1. The van der Waals surface area contributed by atoms with Crippen LogP contribution in [-0.4, -0.2) is 27.2 Å². The van der Waals surface area contributed by atoms with Crippen LogP contribution in [0.4, 0.5) is 0 Å². The van der Waals surface area contributed by atoms with Crippen molar-refractivity contribution in [2.24, 2.45) is 5.92 Å². The number of aliphatic hydroxyl groups is 1. The van der Waals surface area contributed by atoms with E-state index in [2.05, 4.69) is 0 Å². The van der Waals surface area contributed by atoms with Gasteiger partial charge < -0.3 is 9.84 Å². The minimum atomic E-state index is -0.795. The van der Waals surface area contributed by atoms with Crippen LogP contribution >= 0.6 is 11.8 Å². The van der Waals surface area contributed by atoms with Crippen molar-refractivity contribution in [3.63, 3.8) is 0 Å². The first kappa shape index (κ1) is 18.2. The minimum absolute atomic E-state index is 0.00478. The first-order valence-corrected chi connectivity index (χ1v) is 8.09. The number of rotatable bonds is 6. The Hall–Kier alpha value is -0.840. The highest BCUT2D eigenvalue weighted by molar-refractivity contribution is 8.14. The molecule has 0 aliphatic rings. The Morgan fingerprint density at radius 2 is 1.81 bits per heavy atom. The van der Waals surface area contributed by atoms with Crippen molar-refractivity contribution in [2.75, 3.05) is 0 Å². The molecule has 0 spiro atoms. The predicted octanol–water partition coefficient (Wildman–Crippen LogP) is 3.65. The van der Waals surface area contributed by atoms with Crippen molar-refractivity contribution in [2.45, 2.75) is 58.2 Å². The standard InChI is InChI=1S/C17H26O3S/c1-12(16(19)21-17(3,4)5)15(18)13(2)20-11-14-9-7-6-8-10-14/h6-10,12-13,15,18H,11H2,1-5H3/t12-,13-,15+/m0/s1. The summed E-state index contributed by atoms with van der Waals surface area (Å²) >= 11 is 1.27.